The van der Waals surface area contributed by atoms with E-state index < -0.39 is 17.8 Å². The van der Waals surface area contributed by atoms with Crippen LogP contribution < -0.4 is 0 Å². The van der Waals surface area contributed by atoms with Crippen LogP contribution in [0.5, 0.6) is 0 Å². The minimum absolute atomic E-state index is 0. The number of ether oxygens (including phenoxy) is 1. The summed E-state index contributed by atoms with van der Waals surface area (Å²) in [5, 5.41) is 0.559. The molecule has 0 atom stereocenters. The van der Waals surface area contributed by atoms with Gasteiger partial charge in [-0.25, -0.2) is 4.79 Å². The number of imide groups is 1. The smallest absolute Gasteiger partial charge is 0.333 e. The highest BCUT2D eigenvalue weighted by Crippen LogP contribution is 2.12. The Morgan fingerprint density at radius 2 is 1.88 bits per heavy atom. The average Bonchev–Trinajstić information content (AvgIpc) is 2.56. The molecule has 0 saturated carbocycles. The second-order valence-electron chi connectivity index (χ2n) is 3.35. The fourth-order valence-corrected chi connectivity index (χ4v) is 1.27. The third-order valence-corrected chi connectivity index (χ3v) is 2.07. The van der Waals surface area contributed by atoms with Crippen molar-refractivity contribution < 1.29 is 24.0 Å². The number of hydrogen-bond donors (Lipinski definition) is 0. The minimum Gasteiger partial charge on any atom is -0.382 e. The van der Waals surface area contributed by atoms with Crippen molar-refractivity contribution in [3.63, 3.8) is 0 Å². The summed E-state index contributed by atoms with van der Waals surface area (Å²) < 4.78 is 5.04. The first-order chi connectivity index (χ1) is 7.65. The first-order valence-electron chi connectivity index (χ1n) is 5.29. The quantitative estimate of drug-likeness (QED) is 0.516. The SMILES string of the molecule is C.CCOCCCC(=O)ON1C(=O)CCC1=O. The molecule has 6 heteroatoms. The van der Waals surface area contributed by atoms with Crippen LogP contribution in [0.4, 0.5) is 0 Å². The number of carbonyl (C=O) groups is 3. The van der Waals surface area contributed by atoms with Crippen molar-refractivity contribution in [2.45, 2.75) is 40.0 Å². The highest BCUT2D eigenvalue weighted by molar-refractivity contribution is 6.01. The molecule has 98 valence electrons. The normalized spacial score (nSPS) is 14.8. The lowest BCUT2D eigenvalue weighted by Gasteiger charge is -2.12. The van der Waals surface area contributed by atoms with Crippen LogP contribution in [0.1, 0.15) is 40.0 Å². The predicted molar refractivity (Wildman–Crippen MR) is 59.6 cm³/mol. The Balaban J connectivity index is 0.00000256. The second-order valence-corrected chi connectivity index (χ2v) is 3.35. The lowest BCUT2D eigenvalue weighted by atomic mass is 10.3. The molecule has 1 aliphatic rings. The summed E-state index contributed by atoms with van der Waals surface area (Å²) in [5.41, 5.74) is 0. The fraction of sp³-hybridized carbons (Fsp3) is 0.727. The fourth-order valence-electron chi connectivity index (χ4n) is 1.27. The first kappa shape index (κ1) is 15.6. The molecule has 6 nitrogen and oxygen atoms in total. The average molecular weight is 245 g/mol. The molecule has 17 heavy (non-hydrogen) atoms. The van der Waals surface area contributed by atoms with E-state index in [0.717, 1.165) is 0 Å². The van der Waals surface area contributed by atoms with Crippen molar-refractivity contribution in [3.8, 4) is 0 Å². The molecule has 0 aromatic heterocycles. The summed E-state index contributed by atoms with van der Waals surface area (Å²) in [4.78, 5) is 38.1. The van der Waals surface area contributed by atoms with Crippen LogP contribution in [-0.2, 0) is 24.0 Å². The molecule has 0 aromatic rings. The van der Waals surface area contributed by atoms with Crippen molar-refractivity contribution in [1.29, 1.82) is 0 Å². The molecule has 0 aromatic carbocycles. The lowest BCUT2D eigenvalue weighted by Crippen LogP contribution is -2.32. The zero-order valence-electron chi connectivity index (χ0n) is 9.23. The highest BCUT2D eigenvalue weighted by Gasteiger charge is 2.32. The van der Waals surface area contributed by atoms with Gasteiger partial charge in [0.2, 0.25) is 0 Å². The minimum atomic E-state index is -0.580. The third-order valence-electron chi connectivity index (χ3n) is 2.07. The van der Waals surface area contributed by atoms with E-state index in [1.54, 1.807) is 0 Å². The van der Waals surface area contributed by atoms with E-state index in [2.05, 4.69) is 4.84 Å². The molecular formula is C11H19NO5. The number of hydroxylamine groups is 2. The Morgan fingerprint density at radius 3 is 2.41 bits per heavy atom. The number of carbonyl (C=O) groups excluding carboxylic acids is 3. The van der Waals surface area contributed by atoms with Gasteiger partial charge < -0.3 is 9.57 Å². The zero-order valence-corrected chi connectivity index (χ0v) is 9.23. The molecule has 0 spiro atoms. The van der Waals surface area contributed by atoms with E-state index in [1.165, 1.54) is 0 Å². The van der Waals surface area contributed by atoms with Crippen LogP contribution in [0.15, 0.2) is 0 Å². The van der Waals surface area contributed by atoms with Gasteiger partial charge in [0.05, 0.1) is 6.42 Å². The van der Waals surface area contributed by atoms with Crippen LogP contribution >= 0.6 is 0 Å². The Kier molecular flexibility index (Phi) is 7.13. The monoisotopic (exact) mass is 245 g/mol. The van der Waals surface area contributed by atoms with Gasteiger partial charge in [-0.05, 0) is 13.3 Å². The van der Waals surface area contributed by atoms with Gasteiger partial charge in [0.1, 0.15) is 0 Å². The van der Waals surface area contributed by atoms with E-state index in [9.17, 15) is 14.4 Å². The Bertz CT molecular complexity index is 274. The van der Waals surface area contributed by atoms with Gasteiger partial charge in [0, 0.05) is 26.1 Å². The van der Waals surface area contributed by atoms with Crippen molar-refractivity contribution in [2.24, 2.45) is 0 Å². The van der Waals surface area contributed by atoms with Gasteiger partial charge in [0.25, 0.3) is 11.8 Å². The molecule has 0 N–H and O–H groups in total. The summed E-state index contributed by atoms with van der Waals surface area (Å²) in [6.45, 7) is 2.92. The maximum atomic E-state index is 11.2. The van der Waals surface area contributed by atoms with Crippen molar-refractivity contribution in [2.75, 3.05) is 13.2 Å². The van der Waals surface area contributed by atoms with Crippen LogP contribution in [-0.4, -0.2) is 36.1 Å². The van der Waals surface area contributed by atoms with E-state index in [-0.39, 0.29) is 26.7 Å². The predicted octanol–water partition coefficient (Wildman–Crippen LogP) is 1.05. The lowest BCUT2D eigenvalue weighted by molar-refractivity contribution is -0.197. The van der Waals surface area contributed by atoms with Crippen LogP contribution in [0.25, 0.3) is 0 Å². The van der Waals surface area contributed by atoms with Crippen LogP contribution in [0.3, 0.4) is 0 Å². The molecule has 1 heterocycles. The molecule has 1 aliphatic heterocycles. The van der Waals surface area contributed by atoms with E-state index in [0.29, 0.717) is 24.7 Å². The summed E-state index contributed by atoms with van der Waals surface area (Å²) in [6, 6.07) is 0. The van der Waals surface area contributed by atoms with Gasteiger partial charge in [-0.15, -0.1) is 5.06 Å². The van der Waals surface area contributed by atoms with Crippen molar-refractivity contribution >= 4 is 17.8 Å². The molecule has 0 bridgehead atoms. The van der Waals surface area contributed by atoms with Gasteiger partial charge in [-0.2, -0.15) is 0 Å². The van der Waals surface area contributed by atoms with E-state index in [1.807, 2.05) is 6.92 Å². The summed E-state index contributed by atoms with van der Waals surface area (Å²) in [6.07, 6.45) is 0.885. The topological polar surface area (TPSA) is 72.9 Å². The van der Waals surface area contributed by atoms with Gasteiger partial charge in [-0.1, -0.05) is 7.43 Å². The summed E-state index contributed by atoms with van der Waals surface area (Å²) in [7, 11) is 0. The molecular weight excluding hydrogens is 226 g/mol. The third kappa shape index (κ3) is 4.95. The zero-order chi connectivity index (χ0) is 12.0. The van der Waals surface area contributed by atoms with Gasteiger partial charge in [0.15, 0.2) is 0 Å². The highest BCUT2D eigenvalue weighted by atomic mass is 16.7. The number of rotatable bonds is 6. The molecule has 0 unspecified atom stereocenters. The first-order valence-corrected chi connectivity index (χ1v) is 5.29. The number of hydrogen-bond acceptors (Lipinski definition) is 5. The maximum absolute atomic E-state index is 11.2. The molecule has 0 radical (unpaired) electrons. The summed E-state index contributed by atoms with van der Waals surface area (Å²) in [5.74, 6) is -1.49. The van der Waals surface area contributed by atoms with Crippen LogP contribution in [0.2, 0.25) is 0 Å². The standard InChI is InChI=1S/C10H15NO5.CH4/c1-2-15-7-3-4-10(14)16-11-8(12)5-6-9(11)13;/h2-7H2,1H3;1H4. The molecule has 1 fully saturated rings. The van der Waals surface area contributed by atoms with Gasteiger partial charge >= 0.3 is 5.97 Å². The molecule has 1 saturated heterocycles. The molecule has 1 rings (SSSR count). The largest absolute Gasteiger partial charge is 0.382 e. The second kappa shape index (κ2) is 7.78. The van der Waals surface area contributed by atoms with Crippen molar-refractivity contribution in [3.05, 3.63) is 0 Å². The van der Waals surface area contributed by atoms with Crippen LogP contribution in [0, 0.1) is 0 Å². The maximum Gasteiger partial charge on any atom is 0.333 e. The molecule has 2 amide bonds. The summed E-state index contributed by atoms with van der Waals surface area (Å²) >= 11 is 0. The van der Waals surface area contributed by atoms with E-state index >= 15 is 0 Å². The van der Waals surface area contributed by atoms with Crippen molar-refractivity contribution in [1.82, 2.24) is 5.06 Å². The molecule has 0 aliphatic carbocycles. The number of nitrogens with zero attached hydrogens (tertiary/aromatic N) is 1. The number of amides is 2. The van der Waals surface area contributed by atoms with Gasteiger partial charge in [-0.3, -0.25) is 9.59 Å². The Morgan fingerprint density at radius 1 is 1.29 bits per heavy atom. The Hall–Kier alpha value is -1.43. The Labute approximate surface area is 101 Å². The van der Waals surface area contributed by atoms with E-state index in [4.69, 9.17) is 4.74 Å².